The molecule has 0 saturated carbocycles. The normalized spacial score (nSPS) is 27.6. The molecular formula is C20H28N4O. The predicted octanol–water partition coefficient (Wildman–Crippen LogP) is 2.13. The Labute approximate surface area is 149 Å². The summed E-state index contributed by atoms with van der Waals surface area (Å²) in [6.45, 7) is 10.6. The molecule has 25 heavy (non-hydrogen) atoms. The van der Waals surface area contributed by atoms with Crippen LogP contribution in [-0.4, -0.2) is 62.3 Å². The van der Waals surface area contributed by atoms with Crippen LogP contribution in [0.3, 0.4) is 0 Å². The number of fused-ring (bicyclic) bond motifs is 1. The molecule has 2 aromatic rings. The second kappa shape index (κ2) is 6.56. The summed E-state index contributed by atoms with van der Waals surface area (Å²) in [4.78, 5) is 9.30. The van der Waals surface area contributed by atoms with Crippen molar-refractivity contribution in [1.29, 1.82) is 0 Å². The molecule has 2 aliphatic heterocycles. The van der Waals surface area contributed by atoms with E-state index in [4.69, 9.17) is 0 Å². The molecule has 2 saturated heterocycles. The van der Waals surface area contributed by atoms with Gasteiger partial charge >= 0.3 is 0 Å². The maximum absolute atomic E-state index is 9.96. The molecule has 1 N–H and O–H groups in total. The van der Waals surface area contributed by atoms with Crippen LogP contribution in [0.4, 0.5) is 0 Å². The predicted molar refractivity (Wildman–Crippen MR) is 98.9 cm³/mol. The maximum Gasteiger partial charge on any atom is 0.0682 e. The molecular weight excluding hydrogens is 312 g/mol. The first-order chi connectivity index (χ1) is 12.0. The molecule has 2 aliphatic rings. The van der Waals surface area contributed by atoms with Crippen LogP contribution in [0.1, 0.15) is 30.3 Å². The number of pyridine rings is 1. The molecule has 134 valence electrons. The van der Waals surface area contributed by atoms with Gasteiger partial charge in [0.15, 0.2) is 0 Å². The molecule has 0 radical (unpaired) electrons. The van der Waals surface area contributed by atoms with Crippen LogP contribution in [-0.2, 0) is 6.54 Å². The van der Waals surface area contributed by atoms with Gasteiger partial charge in [-0.05, 0) is 51.0 Å². The fraction of sp³-hybridized carbons (Fsp3) is 0.550. The van der Waals surface area contributed by atoms with E-state index in [-0.39, 0.29) is 6.10 Å². The smallest absolute Gasteiger partial charge is 0.0682 e. The van der Waals surface area contributed by atoms with E-state index in [0.717, 1.165) is 38.3 Å². The Balaban J connectivity index is 1.55. The molecule has 5 heteroatoms. The number of rotatable bonds is 3. The Morgan fingerprint density at radius 3 is 2.84 bits per heavy atom. The summed E-state index contributed by atoms with van der Waals surface area (Å²) in [5, 5.41) is 9.96. The molecule has 5 nitrogen and oxygen atoms in total. The average Bonchev–Trinajstić information content (AvgIpc) is 3.07. The van der Waals surface area contributed by atoms with Gasteiger partial charge in [0.1, 0.15) is 0 Å². The van der Waals surface area contributed by atoms with E-state index >= 15 is 0 Å². The highest BCUT2D eigenvalue weighted by Gasteiger charge is 2.38. The van der Waals surface area contributed by atoms with Gasteiger partial charge in [0.05, 0.1) is 18.0 Å². The van der Waals surface area contributed by atoms with Crippen LogP contribution in [0.5, 0.6) is 0 Å². The first kappa shape index (κ1) is 16.8. The fourth-order valence-corrected chi connectivity index (χ4v) is 4.59. The minimum absolute atomic E-state index is 0.146. The quantitative estimate of drug-likeness (QED) is 0.930. The number of piperazine rings is 1. The lowest BCUT2D eigenvalue weighted by Gasteiger charge is -2.42. The Kier molecular flexibility index (Phi) is 4.40. The summed E-state index contributed by atoms with van der Waals surface area (Å²) in [5.41, 5.74) is 5.07. The lowest BCUT2D eigenvalue weighted by atomic mass is 10.1. The molecule has 0 unspecified atom stereocenters. The highest BCUT2D eigenvalue weighted by atomic mass is 16.3. The zero-order chi connectivity index (χ0) is 17.6. The third-order valence-corrected chi connectivity index (χ3v) is 5.89. The minimum Gasteiger partial charge on any atom is -0.392 e. The Morgan fingerprint density at radius 1 is 1.24 bits per heavy atom. The van der Waals surface area contributed by atoms with Gasteiger partial charge in [-0.2, -0.15) is 0 Å². The molecule has 3 atom stereocenters. The van der Waals surface area contributed by atoms with E-state index in [0.29, 0.717) is 12.1 Å². The summed E-state index contributed by atoms with van der Waals surface area (Å²) in [6, 6.07) is 7.43. The van der Waals surface area contributed by atoms with Crippen molar-refractivity contribution in [3.05, 3.63) is 47.5 Å². The number of aliphatic hydroxyl groups excluding tert-OH is 1. The molecule has 0 spiro atoms. The van der Waals surface area contributed by atoms with Gasteiger partial charge in [-0.1, -0.05) is 0 Å². The maximum atomic E-state index is 9.96. The van der Waals surface area contributed by atoms with Gasteiger partial charge in [-0.25, -0.2) is 0 Å². The first-order valence-corrected chi connectivity index (χ1v) is 9.27. The molecule has 0 aliphatic carbocycles. The molecule has 0 aromatic carbocycles. The largest absolute Gasteiger partial charge is 0.392 e. The van der Waals surface area contributed by atoms with Gasteiger partial charge in [0.25, 0.3) is 0 Å². The zero-order valence-corrected chi connectivity index (χ0v) is 15.4. The lowest BCUT2D eigenvalue weighted by Crippen LogP contribution is -2.54. The summed E-state index contributed by atoms with van der Waals surface area (Å²) in [7, 11) is 0. The number of nitrogens with zero attached hydrogens (tertiary/aromatic N) is 4. The highest BCUT2D eigenvalue weighted by molar-refractivity contribution is 5.39. The van der Waals surface area contributed by atoms with Crippen molar-refractivity contribution in [3.8, 4) is 5.69 Å². The molecule has 2 fully saturated rings. The molecule has 2 aromatic heterocycles. The monoisotopic (exact) mass is 340 g/mol. The Morgan fingerprint density at radius 2 is 2.08 bits per heavy atom. The lowest BCUT2D eigenvalue weighted by molar-refractivity contribution is 0.0527. The van der Waals surface area contributed by atoms with Gasteiger partial charge in [-0.15, -0.1) is 0 Å². The van der Waals surface area contributed by atoms with E-state index in [9.17, 15) is 5.11 Å². The Hall–Kier alpha value is -1.69. The summed E-state index contributed by atoms with van der Waals surface area (Å²) in [6.07, 6.45) is 4.51. The summed E-state index contributed by atoms with van der Waals surface area (Å²) in [5.74, 6) is 0. The van der Waals surface area contributed by atoms with E-state index in [2.05, 4.69) is 52.3 Å². The van der Waals surface area contributed by atoms with Crippen molar-refractivity contribution in [3.63, 3.8) is 0 Å². The summed E-state index contributed by atoms with van der Waals surface area (Å²) >= 11 is 0. The molecule has 0 bridgehead atoms. The van der Waals surface area contributed by atoms with Gasteiger partial charge in [-0.3, -0.25) is 14.8 Å². The molecule has 0 amide bonds. The standard InChI is InChI=1S/C20H28N4O/c1-14-7-17(16(3)24(14)18-5-4-6-21-9-18)11-22-12-19-8-20(25)13-23(19)10-15(22)2/h4-7,9,15,19-20,25H,8,10-13H2,1-3H3/t15-,19+,20-/m1/s1. The SMILES string of the molecule is Cc1cc(CN2C[C@@H]3C[C@@H](O)CN3C[C@H]2C)c(C)n1-c1cccnc1. The van der Waals surface area contributed by atoms with E-state index in [1.807, 2.05) is 18.5 Å². The third kappa shape index (κ3) is 3.12. The molecule has 4 rings (SSSR count). The first-order valence-electron chi connectivity index (χ1n) is 9.27. The van der Waals surface area contributed by atoms with Crippen LogP contribution >= 0.6 is 0 Å². The summed E-state index contributed by atoms with van der Waals surface area (Å²) < 4.78 is 2.29. The third-order valence-electron chi connectivity index (χ3n) is 5.89. The topological polar surface area (TPSA) is 44.5 Å². The second-order valence-electron chi connectivity index (χ2n) is 7.72. The zero-order valence-electron chi connectivity index (χ0n) is 15.4. The fourth-order valence-electron chi connectivity index (χ4n) is 4.59. The van der Waals surface area contributed by atoms with Gasteiger partial charge in [0.2, 0.25) is 0 Å². The van der Waals surface area contributed by atoms with Crippen molar-refractivity contribution in [2.45, 2.75) is 51.9 Å². The highest BCUT2D eigenvalue weighted by Crippen LogP contribution is 2.28. The van der Waals surface area contributed by atoms with Crippen molar-refractivity contribution in [1.82, 2.24) is 19.4 Å². The van der Waals surface area contributed by atoms with Crippen molar-refractivity contribution in [2.75, 3.05) is 19.6 Å². The number of aryl methyl sites for hydroxylation is 1. The van der Waals surface area contributed by atoms with Crippen LogP contribution in [0.2, 0.25) is 0 Å². The number of hydrogen-bond acceptors (Lipinski definition) is 4. The van der Waals surface area contributed by atoms with Crippen molar-refractivity contribution >= 4 is 0 Å². The average molecular weight is 340 g/mol. The number of aliphatic hydroxyl groups is 1. The van der Waals surface area contributed by atoms with Crippen LogP contribution in [0.25, 0.3) is 5.69 Å². The Bertz CT molecular complexity index is 742. The number of hydrogen-bond donors (Lipinski definition) is 1. The van der Waals surface area contributed by atoms with Crippen LogP contribution < -0.4 is 0 Å². The van der Waals surface area contributed by atoms with E-state index in [1.54, 1.807) is 0 Å². The van der Waals surface area contributed by atoms with Crippen LogP contribution in [0.15, 0.2) is 30.6 Å². The number of aromatic nitrogens is 2. The van der Waals surface area contributed by atoms with Gasteiger partial charge < -0.3 is 9.67 Å². The molecule has 4 heterocycles. The minimum atomic E-state index is -0.146. The van der Waals surface area contributed by atoms with E-state index in [1.165, 1.54) is 17.0 Å². The van der Waals surface area contributed by atoms with E-state index < -0.39 is 0 Å². The van der Waals surface area contributed by atoms with Gasteiger partial charge in [0, 0.05) is 55.8 Å². The van der Waals surface area contributed by atoms with Crippen molar-refractivity contribution < 1.29 is 5.11 Å². The second-order valence-corrected chi connectivity index (χ2v) is 7.72. The van der Waals surface area contributed by atoms with Crippen LogP contribution in [0, 0.1) is 13.8 Å². The van der Waals surface area contributed by atoms with Crippen molar-refractivity contribution in [2.24, 2.45) is 0 Å².